The molecule has 2 saturated carbocycles. The van der Waals surface area contributed by atoms with E-state index < -0.39 is 0 Å². The van der Waals surface area contributed by atoms with E-state index in [4.69, 9.17) is 0 Å². The summed E-state index contributed by atoms with van der Waals surface area (Å²) >= 11 is 0. The van der Waals surface area contributed by atoms with Gasteiger partial charge in [-0.3, -0.25) is 4.79 Å². The van der Waals surface area contributed by atoms with Crippen molar-refractivity contribution in [2.75, 3.05) is 0 Å². The molecular weight excluding hydrogens is 226 g/mol. The van der Waals surface area contributed by atoms with E-state index in [1.54, 1.807) is 12.4 Å². The van der Waals surface area contributed by atoms with Crippen LogP contribution in [0.15, 0.2) is 12.4 Å². The summed E-state index contributed by atoms with van der Waals surface area (Å²) in [6.07, 6.45) is 9.75. The van der Waals surface area contributed by atoms with Crippen molar-refractivity contribution in [1.82, 2.24) is 15.3 Å². The summed E-state index contributed by atoms with van der Waals surface area (Å²) < 4.78 is 0. The zero-order chi connectivity index (χ0) is 12.6. The van der Waals surface area contributed by atoms with Crippen molar-refractivity contribution >= 4 is 5.91 Å². The Morgan fingerprint density at radius 1 is 1.39 bits per heavy atom. The monoisotopic (exact) mass is 245 g/mol. The van der Waals surface area contributed by atoms with Crippen molar-refractivity contribution in [2.24, 2.45) is 11.3 Å². The minimum atomic E-state index is 0.178. The Kier molecular flexibility index (Phi) is 2.80. The fourth-order valence-corrected chi connectivity index (χ4v) is 3.08. The number of nitrogens with zero attached hydrogens (tertiary/aromatic N) is 2. The van der Waals surface area contributed by atoms with Gasteiger partial charge in [0, 0.05) is 18.3 Å². The molecule has 1 heterocycles. The highest BCUT2D eigenvalue weighted by atomic mass is 16.1. The summed E-state index contributed by atoms with van der Waals surface area (Å²) in [5.74, 6) is 1.10. The van der Waals surface area contributed by atoms with Gasteiger partial charge in [0.05, 0.1) is 6.54 Å². The van der Waals surface area contributed by atoms with Crippen molar-refractivity contribution in [3.05, 3.63) is 23.8 Å². The van der Waals surface area contributed by atoms with Crippen LogP contribution in [0.25, 0.3) is 0 Å². The first-order valence-corrected chi connectivity index (χ1v) is 6.72. The Morgan fingerprint density at radius 3 is 2.61 bits per heavy atom. The number of hydrogen-bond donors (Lipinski definition) is 1. The molecule has 2 aliphatic rings. The zero-order valence-corrected chi connectivity index (χ0v) is 10.8. The van der Waals surface area contributed by atoms with E-state index in [1.807, 2.05) is 6.92 Å². The summed E-state index contributed by atoms with van der Waals surface area (Å²) in [4.78, 5) is 20.3. The molecule has 1 amide bonds. The molecule has 3 rings (SSSR count). The highest BCUT2D eigenvalue weighted by molar-refractivity contribution is 5.79. The third kappa shape index (κ3) is 2.11. The maximum absolute atomic E-state index is 11.9. The molecule has 0 aromatic carbocycles. The van der Waals surface area contributed by atoms with Crippen molar-refractivity contribution in [2.45, 2.75) is 45.6 Å². The van der Waals surface area contributed by atoms with Crippen LogP contribution in [-0.4, -0.2) is 15.9 Å². The van der Waals surface area contributed by atoms with E-state index in [-0.39, 0.29) is 11.8 Å². The minimum Gasteiger partial charge on any atom is -0.349 e. The third-order valence-electron chi connectivity index (χ3n) is 4.40. The molecule has 4 nitrogen and oxygen atoms in total. The minimum absolute atomic E-state index is 0.178. The average molecular weight is 245 g/mol. The first-order chi connectivity index (χ1) is 8.67. The summed E-state index contributed by atoms with van der Waals surface area (Å²) in [6.45, 7) is 2.40. The molecule has 4 heteroatoms. The predicted octanol–water partition coefficient (Wildman–Crippen LogP) is 1.98. The summed E-state index contributed by atoms with van der Waals surface area (Å²) in [6, 6.07) is 0. The Labute approximate surface area is 107 Å². The van der Waals surface area contributed by atoms with E-state index >= 15 is 0 Å². The zero-order valence-electron chi connectivity index (χ0n) is 10.8. The fourth-order valence-electron chi connectivity index (χ4n) is 3.08. The van der Waals surface area contributed by atoms with Crippen molar-refractivity contribution < 1.29 is 4.79 Å². The van der Waals surface area contributed by atoms with Gasteiger partial charge >= 0.3 is 0 Å². The molecule has 1 spiro atoms. The molecule has 1 aromatic rings. The fraction of sp³-hybridized carbons (Fsp3) is 0.643. The van der Waals surface area contributed by atoms with Gasteiger partial charge in [-0.05, 0) is 43.6 Å². The lowest BCUT2D eigenvalue weighted by Crippen LogP contribution is -2.48. The molecule has 2 fully saturated rings. The molecule has 18 heavy (non-hydrogen) atoms. The molecule has 0 atom stereocenters. The van der Waals surface area contributed by atoms with Crippen LogP contribution in [0.1, 0.15) is 43.5 Å². The Hall–Kier alpha value is -1.45. The molecule has 0 saturated heterocycles. The standard InChI is InChI=1S/C14H19N3O/c1-10-7-15-12(16-8-10)9-17-13(18)11-5-14(6-11)3-2-4-14/h7-8,11H,2-6,9H2,1H3,(H,17,18). The number of hydrogen-bond acceptors (Lipinski definition) is 3. The van der Waals surface area contributed by atoms with Gasteiger partial charge < -0.3 is 5.32 Å². The molecule has 0 unspecified atom stereocenters. The second-order valence-corrected chi connectivity index (χ2v) is 5.85. The topological polar surface area (TPSA) is 54.9 Å². The van der Waals surface area contributed by atoms with E-state index in [0.29, 0.717) is 17.8 Å². The second kappa shape index (κ2) is 4.34. The first-order valence-electron chi connectivity index (χ1n) is 6.72. The van der Waals surface area contributed by atoms with Gasteiger partial charge in [-0.15, -0.1) is 0 Å². The normalized spacial score (nSPS) is 21.2. The van der Waals surface area contributed by atoms with E-state index in [0.717, 1.165) is 18.4 Å². The Bertz CT molecular complexity index is 443. The van der Waals surface area contributed by atoms with Crippen molar-refractivity contribution in [1.29, 1.82) is 0 Å². The third-order valence-corrected chi connectivity index (χ3v) is 4.40. The lowest BCUT2D eigenvalue weighted by Gasteiger charge is -2.53. The average Bonchev–Trinajstić information content (AvgIpc) is 2.24. The number of aryl methyl sites for hydroxylation is 1. The van der Waals surface area contributed by atoms with E-state index in [2.05, 4.69) is 15.3 Å². The van der Waals surface area contributed by atoms with Crippen LogP contribution in [0, 0.1) is 18.3 Å². The van der Waals surface area contributed by atoms with Crippen molar-refractivity contribution in [3.63, 3.8) is 0 Å². The van der Waals surface area contributed by atoms with E-state index in [1.165, 1.54) is 19.3 Å². The summed E-state index contributed by atoms with van der Waals surface area (Å²) in [7, 11) is 0. The number of carbonyl (C=O) groups excluding carboxylic acids is 1. The van der Waals surface area contributed by atoms with Crippen LogP contribution >= 0.6 is 0 Å². The van der Waals surface area contributed by atoms with Crippen molar-refractivity contribution in [3.8, 4) is 0 Å². The highest BCUT2D eigenvalue weighted by Gasteiger charge is 2.50. The van der Waals surface area contributed by atoms with Gasteiger partial charge in [0.1, 0.15) is 5.82 Å². The SMILES string of the molecule is Cc1cnc(CNC(=O)C2CC3(CCC3)C2)nc1. The summed E-state index contributed by atoms with van der Waals surface area (Å²) in [5.41, 5.74) is 1.60. The van der Waals surface area contributed by atoms with Gasteiger partial charge in [0.2, 0.25) is 5.91 Å². The Morgan fingerprint density at radius 2 is 2.06 bits per heavy atom. The maximum atomic E-state index is 11.9. The van der Waals surface area contributed by atoms with E-state index in [9.17, 15) is 4.79 Å². The smallest absolute Gasteiger partial charge is 0.223 e. The van der Waals surface area contributed by atoms with Crippen LogP contribution in [0.3, 0.4) is 0 Å². The number of nitrogens with one attached hydrogen (secondary N) is 1. The van der Waals surface area contributed by atoms with Crippen LogP contribution in [-0.2, 0) is 11.3 Å². The lowest BCUT2D eigenvalue weighted by atomic mass is 9.51. The summed E-state index contributed by atoms with van der Waals surface area (Å²) in [5, 5.41) is 2.94. The Balaban J connectivity index is 1.46. The van der Waals surface area contributed by atoms with Crippen LogP contribution in [0.4, 0.5) is 0 Å². The number of amides is 1. The lowest BCUT2D eigenvalue weighted by molar-refractivity contribution is -0.137. The number of carbonyl (C=O) groups is 1. The molecule has 96 valence electrons. The molecule has 0 radical (unpaired) electrons. The van der Waals surface area contributed by atoms with Gasteiger partial charge in [0.25, 0.3) is 0 Å². The van der Waals surface area contributed by atoms with Gasteiger partial charge in [0.15, 0.2) is 0 Å². The van der Waals surface area contributed by atoms with Crippen LogP contribution < -0.4 is 5.32 Å². The van der Waals surface area contributed by atoms with Gasteiger partial charge in [-0.1, -0.05) is 6.42 Å². The van der Waals surface area contributed by atoms with Gasteiger partial charge in [-0.25, -0.2) is 9.97 Å². The molecular formula is C14H19N3O. The number of rotatable bonds is 3. The highest BCUT2D eigenvalue weighted by Crippen LogP contribution is 2.58. The molecule has 1 aromatic heterocycles. The number of aromatic nitrogens is 2. The first kappa shape index (κ1) is 11.6. The molecule has 1 N–H and O–H groups in total. The van der Waals surface area contributed by atoms with Crippen LogP contribution in [0.5, 0.6) is 0 Å². The molecule has 0 bridgehead atoms. The molecule has 2 aliphatic carbocycles. The largest absolute Gasteiger partial charge is 0.349 e. The van der Waals surface area contributed by atoms with Crippen LogP contribution in [0.2, 0.25) is 0 Å². The molecule has 0 aliphatic heterocycles. The van der Waals surface area contributed by atoms with Gasteiger partial charge in [-0.2, -0.15) is 0 Å². The predicted molar refractivity (Wildman–Crippen MR) is 67.6 cm³/mol. The maximum Gasteiger partial charge on any atom is 0.223 e. The second-order valence-electron chi connectivity index (χ2n) is 5.85. The quantitative estimate of drug-likeness (QED) is 0.886.